The number of hydrogen-bond donors (Lipinski definition) is 0. The summed E-state index contributed by atoms with van der Waals surface area (Å²) >= 11 is 0. The molecule has 1 aliphatic heterocycles. The van der Waals surface area contributed by atoms with Gasteiger partial charge in [0, 0.05) is 25.6 Å². The fourth-order valence-corrected chi connectivity index (χ4v) is 3.07. The van der Waals surface area contributed by atoms with Crippen molar-refractivity contribution in [3.05, 3.63) is 11.6 Å². The van der Waals surface area contributed by atoms with E-state index in [4.69, 9.17) is 0 Å². The lowest BCUT2D eigenvalue weighted by molar-refractivity contribution is -0.162. The molecule has 0 aliphatic carbocycles. The van der Waals surface area contributed by atoms with Gasteiger partial charge in [-0.3, -0.25) is 4.79 Å². The van der Waals surface area contributed by atoms with Gasteiger partial charge in [-0.15, -0.1) is 10.2 Å². The van der Waals surface area contributed by atoms with Crippen molar-refractivity contribution in [2.45, 2.75) is 51.4 Å². The lowest BCUT2D eigenvalue weighted by atomic mass is 9.95. The second-order valence-electron chi connectivity index (χ2n) is 6.40. The predicted molar refractivity (Wildman–Crippen MR) is 82.3 cm³/mol. The first-order valence-corrected chi connectivity index (χ1v) is 8.12. The maximum atomic E-state index is 12.3. The van der Waals surface area contributed by atoms with E-state index in [-0.39, 0.29) is 5.92 Å². The van der Waals surface area contributed by atoms with Crippen LogP contribution in [0.5, 0.6) is 0 Å². The van der Waals surface area contributed by atoms with Crippen molar-refractivity contribution >= 4 is 5.91 Å². The first-order chi connectivity index (χ1) is 11.2. The minimum Gasteiger partial charge on any atom is -0.342 e. The minimum atomic E-state index is -4.45. The lowest BCUT2D eigenvalue weighted by Crippen LogP contribution is -2.40. The molecule has 0 radical (unpaired) electrons. The monoisotopic (exact) mass is 347 g/mol. The number of nitrogens with zero attached hydrogens (tertiary/aromatic N) is 5. The zero-order chi connectivity index (χ0) is 17.9. The molecule has 0 bridgehead atoms. The fraction of sp³-hybridized carbons (Fsp3) is 0.800. The summed E-state index contributed by atoms with van der Waals surface area (Å²) in [6, 6.07) is 0. The van der Waals surface area contributed by atoms with Crippen LogP contribution >= 0.6 is 0 Å². The van der Waals surface area contributed by atoms with Crippen LogP contribution in [-0.4, -0.2) is 63.8 Å². The number of likely N-dealkylation sites (tertiary alicyclic amines) is 1. The number of carbonyl (C=O) groups is 1. The number of carbonyl (C=O) groups excluding carboxylic acids is 1. The van der Waals surface area contributed by atoms with Crippen molar-refractivity contribution < 1.29 is 18.0 Å². The van der Waals surface area contributed by atoms with Crippen molar-refractivity contribution in [1.29, 1.82) is 0 Å². The highest BCUT2D eigenvalue weighted by Crippen LogP contribution is 2.29. The van der Waals surface area contributed by atoms with E-state index in [1.54, 1.807) is 0 Å². The summed E-state index contributed by atoms with van der Waals surface area (Å²) < 4.78 is 39.1. The van der Waals surface area contributed by atoms with Gasteiger partial charge in [0.1, 0.15) is 18.1 Å². The van der Waals surface area contributed by atoms with E-state index < -0.39 is 18.5 Å². The molecular weight excluding hydrogens is 323 g/mol. The Morgan fingerprint density at radius 3 is 2.38 bits per heavy atom. The second-order valence-corrected chi connectivity index (χ2v) is 6.40. The first-order valence-electron chi connectivity index (χ1n) is 8.12. The van der Waals surface area contributed by atoms with Gasteiger partial charge in [0.25, 0.3) is 0 Å². The van der Waals surface area contributed by atoms with Crippen LogP contribution in [0.4, 0.5) is 13.2 Å². The summed E-state index contributed by atoms with van der Waals surface area (Å²) in [5.41, 5.74) is 0. The van der Waals surface area contributed by atoms with E-state index in [1.807, 2.05) is 25.9 Å². The first kappa shape index (κ1) is 18.7. The molecule has 1 fully saturated rings. The number of hydrogen-bond acceptors (Lipinski definition) is 4. The van der Waals surface area contributed by atoms with Crippen LogP contribution < -0.4 is 0 Å². The van der Waals surface area contributed by atoms with Gasteiger partial charge in [0.2, 0.25) is 5.91 Å². The Bertz CT molecular complexity index is 562. The Hall–Kier alpha value is -1.64. The average molecular weight is 347 g/mol. The number of rotatable bonds is 5. The number of halogens is 3. The Balaban J connectivity index is 2.00. The van der Waals surface area contributed by atoms with Gasteiger partial charge < -0.3 is 14.4 Å². The summed E-state index contributed by atoms with van der Waals surface area (Å²) in [5.74, 6) is 1.04. The van der Waals surface area contributed by atoms with Crippen LogP contribution in [0.15, 0.2) is 0 Å². The number of aromatic nitrogens is 3. The molecule has 6 nitrogen and oxygen atoms in total. The third kappa shape index (κ3) is 4.68. The molecule has 1 aromatic heterocycles. The van der Waals surface area contributed by atoms with E-state index in [1.165, 1.54) is 4.90 Å². The Morgan fingerprint density at radius 2 is 1.88 bits per heavy atom. The van der Waals surface area contributed by atoms with Gasteiger partial charge in [-0.1, -0.05) is 0 Å². The molecule has 1 aliphatic rings. The molecule has 0 aromatic carbocycles. The molecule has 1 saturated heterocycles. The van der Waals surface area contributed by atoms with E-state index in [0.717, 1.165) is 18.2 Å². The van der Waals surface area contributed by atoms with Gasteiger partial charge in [-0.2, -0.15) is 13.2 Å². The van der Waals surface area contributed by atoms with Crippen LogP contribution in [0.2, 0.25) is 0 Å². The fourth-order valence-electron chi connectivity index (χ4n) is 3.07. The molecule has 1 aromatic rings. The van der Waals surface area contributed by atoms with E-state index in [0.29, 0.717) is 32.5 Å². The van der Waals surface area contributed by atoms with Crippen LogP contribution in [0.1, 0.15) is 43.8 Å². The third-order valence-corrected chi connectivity index (χ3v) is 4.19. The Kier molecular flexibility index (Phi) is 5.84. The molecule has 24 heavy (non-hydrogen) atoms. The molecule has 0 atom stereocenters. The van der Waals surface area contributed by atoms with Crippen molar-refractivity contribution in [2.24, 2.45) is 0 Å². The molecule has 2 rings (SSSR count). The molecule has 9 heteroatoms. The van der Waals surface area contributed by atoms with Gasteiger partial charge >= 0.3 is 6.18 Å². The third-order valence-electron chi connectivity index (χ3n) is 4.19. The van der Waals surface area contributed by atoms with Gasteiger partial charge in [-0.25, -0.2) is 0 Å². The molecule has 0 N–H and O–H groups in total. The Labute approximate surface area is 139 Å². The van der Waals surface area contributed by atoms with Gasteiger partial charge in [0.05, 0.1) is 6.54 Å². The van der Waals surface area contributed by atoms with Gasteiger partial charge in [-0.05, 0) is 33.9 Å². The molecule has 136 valence electrons. The average Bonchev–Trinajstić information content (AvgIpc) is 2.87. The summed E-state index contributed by atoms with van der Waals surface area (Å²) in [7, 11) is 3.91. The minimum absolute atomic E-state index is 0.128. The van der Waals surface area contributed by atoms with Gasteiger partial charge in [0.15, 0.2) is 0 Å². The van der Waals surface area contributed by atoms with Crippen molar-refractivity contribution in [2.75, 3.05) is 27.2 Å². The molecule has 0 unspecified atom stereocenters. The van der Waals surface area contributed by atoms with E-state index >= 15 is 0 Å². The number of piperidine rings is 1. The van der Waals surface area contributed by atoms with E-state index in [2.05, 4.69) is 14.8 Å². The second kappa shape index (κ2) is 7.50. The highest BCUT2D eigenvalue weighted by molar-refractivity contribution is 5.76. The zero-order valence-electron chi connectivity index (χ0n) is 14.3. The summed E-state index contributed by atoms with van der Waals surface area (Å²) in [6.07, 6.45) is -4.60. The number of amides is 1. The largest absolute Gasteiger partial charge is 0.397 e. The molecule has 0 spiro atoms. The molecular formula is C15H24F3N5O. The predicted octanol–water partition coefficient (Wildman–Crippen LogP) is 2.02. The van der Waals surface area contributed by atoms with E-state index in [9.17, 15) is 18.0 Å². The SMILES string of the molecule is CCn1c(CN(C)C)nnc1C1CCN(C(=O)CC(F)(F)F)CC1. The standard InChI is InChI=1S/C15H24F3N5O/c1-4-23-12(10-21(2)3)19-20-14(23)11-5-7-22(8-6-11)13(24)9-15(16,17)18/h11H,4-10H2,1-3H3. The van der Waals surface area contributed by atoms with Crippen LogP contribution in [0, 0.1) is 0 Å². The normalized spacial score (nSPS) is 16.9. The van der Waals surface area contributed by atoms with Crippen molar-refractivity contribution in [3.8, 4) is 0 Å². The van der Waals surface area contributed by atoms with Crippen molar-refractivity contribution in [3.63, 3.8) is 0 Å². The molecule has 1 amide bonds. The van der Waals surface area contributed by atoms with Crippen molar-refractivity contribution in [1.82, 2.24) is 24.6 Å². The summed E-state index contributed by atoms with van der Waals surface area (Å²) in [5, 5.41) is 8.54. The van der Waals surface area contributed by atoms with Crippen LogP contribution in [0.3, 0.4) is 0 Å². The van der Waals surface area contributed by atoms with Crippen LogP contribution in [0.25, 0.3) is 0 Å². The molecule has 0 saturated carbocycles. The Morgan fingerprint density at radius 1 is 1.25 bits per heavy atom. The zero-order valence-corrected chi connectivity index (χ0v) is 14.3. The highest BCUT2D eigenvalue weighted by Gasteiger charge is 2.35. The highest BCUT2D eigenvalue weighted by atomic mass is 19.4. The maximum absolute atomic E-state index is 12.3. The summed E-state index contributed by atoms with van der Waals surface area (Å²) in [4.78, 5) is 15.0. The van der Waals surface area contributed by atoms with Crippen LogP contribution in [-0.2, 0) is 17.9 Å². The molecule has 2 heterocycles. The quantitative estimate of drug-likeness (QED) is 0.818. The summed E-state index contributed by atoms with van der Waals surface area (Å²) in [6.45, 7) is 4.12. The lowest BCUT2D eigenvalue weighted by Gasteiger charge is -2.32. The maximum Gasteiger partial charge on any atom is 0.397 e. The topological polar surface area (TPSA) is 54.3 Å². The smallest absolute Gasteiger partial charge is 0.342 e. The number of alkyl halides is 3.